The molecule has 0 spiro atoms. The molecule has 1 aliphatic rings. The molecule has 6 heteroatoms. The van der Waals surface area contributed by atoms with Crippen LogP contribution in [0.1, 0.15) is 41.7 Å². The standard InChI is InChI=1S/C14H19N3O3/c15-9-14(4-1-2-5-14)13(20)17-8-11-7-10(12(18)19)3-6-16-11/h3,6-7H,1-2,4-5,8-9,15H2,(H,17,20)(H,18,19). The Labute approximate surface area is 117 Å². The number of aromatic carboxylic acids is 1. The molecule has 1 saturated carbocycles. The Morgan fingerprint density at radius 3 is 2.70 bits per heavy atom. The predicted molar refractivity (Wildman–Crippen MR) is 73.0 cm³/mol. The van der Waals surface area contributed by atoms with Crippen LogP contribution in [-0.2, 0) is 11.3 Å². The van der Waals surface area contributed by atoms with Gasteiger partial charge in [-0.25, -0.2) is 4.79 Å². The number of hydrogen-bond donors (Lipinski definition) is 3. The van der Waals surface area contributed by atoms with Crippen LogP contribution in [0.3, 0.4) is 0 Å². The normalized spacial score (nSPS) is 16.9. The van der Waals surface area contributed by atoms with Gasteiger partial charge in [0.15, 0.2) is 0 Å². The lowest BCUT2D eigenvalue weighted by Crippen LogP contribution is -2.43. The molecule has 4 N–H and O–H groups in total. The summed E-state index contributed by atoms with van der Waals surface area (Å²) in [4.78, 5) is 27.2. The molecule has 1 aromatic rings. The van der Waals surface area contributed by atoms with Crippen LogP contribution in [-0.4, -0.2) is 28.5 Å². The molecule has 1 aliphatic carbocycles. The van der Waals surface area contributed by atoms with Gasteiger partial charge in [0.25, 0.3) is 0 Å². The van der Waals surface area contributed by atoms with E-state index in [-0.39, 0.29) is 18.0 Å². The average molecular weight is 277 g/mol. The maximum atomic E-state index is 12.3. The molecule has 1 amide bonds. The van der Waals surface area contributed by atoms with Gasteiger partial charge in [-0.05, 0) is 25.0 Å². The summed E-state index contributed by atoms with van der Waals surface area (Å²) in [5.74, 6) is -1.06. The number of pyridine rings is 1. The number of carboxylic acids is 1. The lowest BCUT2D eigenvalue weighted by atomic mass is 9.85. The van der Waals surface area contributed by atoms with Crippen LogP contribution >= 0.6 is 0 Å². The van der Waals surface area contributed by atoms with Crippen LogP contribution in [0.2, 0.25) is 0 Å². The first kappa shape index (κ1) is 14.5. The number of hydrogen-bond acceptors (Lipinski definition) is 4. The van der Waals surface area contributed by atoms with Gasteiger partial charge in [-0.1, -0.05) is 12.8 Å². The summed E-state index contributed by atoms with van der Waals surface area (Å²) in [6.45, 7) is 0.573. The number of rotatable bonds is 5. The molecular weight excluding hydrogens is 258 g/mol. The molecule has 2 rings (SSSR count). The van der Waals surface area contributed by atoms with E-state index >= 15 is 0 Å². The number of nitrogens with one attached hydrogen (secondary N) is 1. The first-order valence-electron chi connectivity index (χ1n) is 6.74. The van der Waals surface area contributed by atoms with Crippen molar-refractivity contribution in [2.24, 2.45) is 11.1 Å². The summed E-state index contributed by atoms with van der Waals surface area (Å²) in [7, 11) is 0. The highest BCUT2D eigenvalue weighted by Gasteiger charge is 2.39. The topological polar surface area (TPSA) is 105 Å². The summed E-state index contributed by atoms with van der Waals surface area (Å²) in [5, 5.41) is 11.7. The second kappa shape index (κ2) is 6.00. The molecule has 0 radical (unpaired) electrons. The van der Waals surface area contributed by atoms with Gasteiger partial charge in [-0.2, -0.15) is 0 Å². The van der Waals surface area contributed by atoms with Gasteiger partial charge in [-0.3, -0.25) is 9.78 Å². The first-order valence-corrected chi connectivity index (χ1v) is 6.74. The number of aromatic nitrogens is 1. The van der Waals surface area contributed by atoms with E-state index in [1.54, 1.807) is 0 Å². The van der Waals surface area contributed by atoms with E-state index in [1.807, 2.05) is 0 Å². The van der Waals surface area contributed by atoms with Gasteiger partial charge in [-0.15, -0.1) is 0 Å². The van der Waals surface area contributed by atoms with E-state index in [2.05, 4.69) is 10.3 Å². The predicted octanol–water partition coefficient (Wildman–Crippen LogP) is 0.915. The van der Waals surface area contributed by atoms with Crippen molar-refractivity contribution >= 4 is 11.9 Å². The van der Waals surface area contributed by atoms with E-state index in [0.717, 1.165) is 25.7 Å². The maximum Gasteiger partial charge on any atom is 0.335 e. The highest BCUT2D eigenvalue weighted by molar-refractivity contribution is 5.87. The SMILES string of the molecule is NCC1(C(=O)NCc2cc(C(=O)O)ccn2)CCCC1. The van der Waals surface area contributed by atoms with Gasteiger partial charge in [0, 0.05) is 12.7 Å². The zero-order chi connectivity index (χ0) is 14.6. The van der Waals surface area contributed by atoms with Gasteiger partial charge < -0.3 is 16.2 Å². The molecular formula is C14H19N3O3. The molecule has 1 heterocycles. The summed E-state index contributed by atoms with van der Waals surface area (Å²) >= 11 is 0. The lowest BCUT2D eigenvalue weighted by Gasteiger charge is -2.25. The second-order valence-corrected chi connectivity index (χ2v) is 5.22. The Balaban J connectivity index is 1.99. The number of amides is 1. The molecule has 108 valence electrons. The lowest BCUT2D eigenvalue weighted by molar-refractivity contribution is -0.130. The molecule has 20 heavy (non-hydrogen) atoms. The fourth-order valence-electron chi connectivity index (χ4n) is 2.64. The second-order valence-electron chi connectivity index (χ2n) is 5.22. The van der Waals surface area contributed by atoms with Crippen LogP contribution in [0.5, 0.6) is 0 Å². The molecule has 1 fully saturated rings. The Kier molecular flexibility index (Phi) is 4.34. The molecule has 0 aliphatic heterocycles. The number of nitrogens with two attached hydrogens (primary N) is 1. The largest absolute Gasteiger partial charge is 0.478 e. The summed E-state index contributed by atoms with van der Waals surface area (Å²) in [6, 6.07) is 2.89. The molecule has 1 aromatic heterocycles. The van der Waals surface area contributed by atoms with Gasteiger partial charge >= 0.3 is 5.97 Å². The van der Waals surface area contributed by atoms with Crippen molar-refractivity contribution in [3.63, 3.8) is 0 Å². The molecule has 0 saturated heterocycles. The van der Waals surface area contributed by atoms with Crippen molar-refractivity contribution < 1.29 is 14.7 Å². The van der Waals surface area contributed by atoms with Gasteiger partial charge in [0.2, 0.25) is 5.91 Å². The minimum atomic E-state index is -1.01. The monoisotopic (exact) mass is 277 g/mol. The zero-order valence-corrected chi connectivity index (χ0v) is 11.3. The summed E-state index contributed by atoms with van der Waals surface area (Å²) in [5.41, 5.74) is 5.99. The van der Waals surface area contributed by atoms with Crippen molar-refractivity contribution in [3.05, 3.63) is 29.6 Å². The molecule has 6 nitrogen and oxygen atoms in total. The van der Waals surface area contributed by atoms with E-state index < -0.39 is 11.4 Å². The highest BCUT2D eigenvalue weighted by Crippen LogP contribution is 2.37. The molecule has 0 aromatic carbocycles. The third-order valence-electron chi connectivity index (χ3n) is 3.93. The summed E-state index contributed by atoms with van der Waals surface area (Å²) < 4.78 is 0. The van der Waals surface area contributed by atoms with Crippen molar-refractivity contribution in [3.8, 4) is 0 Å². The molecule has 0 atom stereocenters. The van der Waals surface area contributed by atoms with E-state index in [9.17, 15) is 9.59 Å². The van der Waals surface area contributed by atoms with Gasteiger partial charge in [0.1, 0.15) is 0 Å². The van der Waals surface area contributed by atoms with Crippen molar-refractivity contribution in [1.29, 1.82) is 0 Å². The third kappa shape index (κ3) is 2.96. The van der Waals surface area contributed by atoms with Crippen molar-refractivity contribution in [2.45, 2.75) is 32.2 Å². The van der Waals surface area contributed by atoms with Crippen LogP contribution < -0.4 is 11.1 Å². The highest BCUT2D eigenvalue weighted by atomic mass is 16.4. The van der Waals surface area contributed by atoms with Crippen molar-refractivity contribution in [1.82, 2.24) is 10.3 Å². The van der Waals surface area contributed by atoms with Gasteiger partial charge in [0.05, 0.1) is 23.2 Å². The Morgan fingerprint density at radius 1 is 1.40 bits per heavy atom. The fourth-order valence-corrected chi connectivity index (χ4v) is 2.64. The minimum Gasteiger partial charge on any atom is -0.478 e. The quantitative estimate of drug-likeness (QED) is 0.742. The number of carbonyl (C=O) groups is 2. The average Bonchev–Trinajstić information content (AvgIpc) is 2.95. The van der Waals surface area contributed by atoms with E-state index in [4.69, 9.17) is 10.8 Å². The number of carbonyl (C=O) groups excluding carboxylic acids is 1. The third-order valence-corrected chi connectivity index (χ3v) is 3.93. The molecule has 0 unspecified atom stereocenters. The van der Waals surface area contributed by atoms with Crippen LogP contribution in [0.4, 0.5) is 0 Å². The van der Waals surface area contributed by atoms with Crippen LogP contribution in [0.15, 0.2) is 18.3 Å². The molecule has 0 bridgehead atoms. The fraction of sp³-hybridized carbons (Fsp3) is 0.500. The van der Waals surface area contributed by atoms with E-state index in [1.165, 1.54) is 18.3 Å². The van der Waals surface area contributed by atoms with Crippen LogP contribution in [0.25, 0.3) is 0 Å². The summed E-state index contributed by atoms with van der Waals surface area (Å²) in [6.07, 6.45) is 5.11. The Morgan fingerprint density at radius 2 is 2.10 bits per heavy atom. The van der Waals surface area contributed by atoms with Crippen LogP contribution in [0, 0.1) is 5.41 Å². The minimum absolute atomic E-state index is 0.0555. The van der Waals surface area contributed by atoms with Crippen molar-refractivity contribution in [2.75, 3.05) is 6.54 Å². The smallest absolute Gasteiger partial charge is 0.335 e. The Hall–Kier alpha value is -1.95. The zero-order valence-electron chi connectivity index (χ0n) is 11.3. The van der Waals surface area contributed by atoms with E-state index in [0.29, 0.717) is 12.2 Å². The first-order chi connectivity index (χ1) is 9.57. The maximum absolute atomic E-state index is 12.3. The number of carboxylic acid groups (broad SMARTS) is 1. The number of nitrogens with zero attached hydrogens (tertiary/aromatic N) is 1. The Bertz CT molecular complexity index is 510.